The molecule has 428 valence electrons. The van der Waals surface area contributed by atoms with Crippen molar-refractivity contribution < 1.29 is 65.5 Å². The Bertz CT molecular complexity index is 1440. The van der Waals surface area contributed by atoms with Crippen molar-refractivity contribution in [2.75, 3.05) is 0 Å². The van der Waals surface area contributed by atoms with Crippen LogP contribution in [0.25, 0.3) is 0 Å². The average molecular weight is 1180 g/mol. The van der Waals surface area contributed by atoms with Crippen LogP contribution in [0.15, 0.2) is 0 Å². The second-order valence-corrected chi connectivity index (χ2v) is 23.9. The van der Waals surface area contributed by atoms with Crippen molar-refractivity contribution >= 4 is 157 Å². The number of hydrogen-bond donors (Lipinski definition) is 0. The van der Waals surface area contributed by atoms with Crippen LogP contribution >= 0.6 is 0 Å². The Labute approximate surface area is 547 Å². The molecule has 2 atom stereocenters. The van der Waals surface area contributed by atoms with Crippen LogP contribution < -0.4 is 20.4 Å². The summed E-state index contributed by atoms with van der Waals surface area (Å²) in [5.41, 5.74) is -4.50. The number of aliphatic carboxylic acids is 4. The first-order valence-electron chi connectivity index (χ1n) is 29.0. The zero-order chi connectivity index (χ0) is 54.6. The second-order valence-electron chi connectivity index (χ2n) is 21.0. The minimum absolute atomic E-state index is 0. The van der Waals surface area contributed by atoms with E-state index < -0.39 is 65.4 Å². The maximum absolute atomic E-state index is 12.2. The summed E-state index contributed by atoms with van der Waals surface area (Å²) in [4.78, 5) is 47.7. The fraction of sp³-hybridized carbons (Fsp3) is 0.929. The fourth-order valence-electron chi connectivity index (χ4n) is 10.3. The fourth-order valence-corrected chi connectivity index (χ4v) is 12.6. The van der Waals surface area contributed by atoms with Gasteiger partial charge in [0.05, 0.1) is 22.4 Å². The molecule has 0 aromatic rings. The van der Waals surface area contributed by atoms with Crippen LogP contribution in [0.4, 0.5) is 0 Å². The Hall–Kier alpha value is 1.48. The molecule has 0 aliphatic carbocycles. The van der Waals surface area contributed by atoms with Crippen LogP contribution in [0.3, 0.4) is 0 Å². The third-order valence-corrected chi connectivity index (χ3v) is 17.2. The summed E-state index contributed by atoms with van der Waals surface area (Å²) in [6.45, 7) is 8.69. The minimum atomic E-state index is -5.42. The van der Waals surface area contributed by atoms with Gasteiger partial charge >= 0.3 is 113 Å². The molecule has 0 aliphatic heterocycles. The predicted octanol–water partition coefficient (Wildman–Crippen LogP) is 8.87. The van der Waals surface area contributed by atoms with E-state index in [-0.39, 0.29) is 139 Å². The molecule has 0 spiro atoms. The molecule has 0 heterocycles. The molecule has 0 radical (unpaired) electrons. The van der Waals surface area contributed by atoms with Crippen molar-refractivity contribution in [3.8, 4) is 0 Å². The number of unbranched alkanes of at least 4 members (excludes halogenated alkanes) is 36. The van der Waals surface area contributed by atoms with Crippen LogP contribution in [0.5, 0.6) is 0 Å². The molecule has 0 rings (SSSR count). The minimum Gasteiger partial charge on any atom is -0.747 e. The van der Waals surface area contributed by atoms with Crippen LogP contribution in [-0.4, -0.2) is 174 Å². The zero-order valence-corrected chi connectivity index (χ0v) is 56.2. The van der Waals surface area contributed by atoms with Crippen LogP contribution in [0, 0.1) is 10.8 Å². The summed E-state index contributed by atoms with van der Waals surface area (Å²) >= 11 is 0. The molecule has 19 heteroatoms. The Kier molecular flexibility index (Phi) is 62.2. The summed E-state index contributed by atoms with van der Waals surface area (Å²) in [5, 5.41) is 42.5. The van der Waals surface area contributed by atoms with E-state index in [1.807, 2.05) is 0 Å². The van der Waals surface area contributed by atoms with Crippen molar-refractivity contribution in [3.05, 3.63) is 0 Å². The van der Waals surface area contributed by atoms with Gasteiger partial charge < -0.3 is 48.7 Å². The van der Waals surface area contributed by atoms with E-state index in [9.17, 15) is 65.5 Å². The second kappa shape index (κ2) is 54.7. The molecule has 0 saturated heterocycles. The third-order valence-electron chi connectivity index (χ3n) is 14.7. The number of carbonyl (C=O) groups excluding carboxylic acids is 4. The van der Waals surface area contributed by atoms with E-state index in [4.69, 9.17) is 0 Å². The Morgan fingerprint density at radius 2 is 0.427 bits per heavy atom. The van der Waals surface area contributed by atoms with Crippen LogP contribution in [0.1, 0.15) is 310 Å². The zero-order valence-electron chi connectivity index (χ0n) is 47.9. The van der Waals surface area contributed by atoms with E-state index in [0.717, 1.165) is 103 Å². The molecule has 2 unspecified atom stereocenters. The van der Waals surface area contributed by atoms with E-state index in [1.165, 1.54) is 103 Å². The average Bonchev–Trinajstić information content (AvgIpc) is 3.30. The molecule has 0 aliphatic rings. The van der Waals surface area contributed by atoms with Crippen molar-refractivity contribution in [1.29, 1.82) is 0 Å². The summed E-state index contributed by atoms with van der Waals surface area (Å²) in [6.07, 6.45) is 39.0. The van der Waals surface area contributed by atoms with Crippen molar-refractivity contribution in [3.63, 3.8) is 0 Å². The van der Waals surface area contributed by atoms with Gasteiger partial charge in [-0.3, -0.25) is 0 Å². The number of rotatable bonds is 52. The van der Waals surface area contributed by atoms with E-state index in [1.54, 1.807) is 0 Å². The molecule has 0 amide bonds. The van der Waals surface area contributed by atoms with Crippen molar-refractivity contribution in [2.24, 2.45) is 10.8 Å². The van der Waals surface area contributed by atoms with Gasteiger partial charge in [-0.1, -0.05) is 285 Å². The molecule has 0 aromatic carbocycles. The molecule has 0 N–H and O–H groups in total. The largest absolute Gasteiger partial charge is 2.00 e. The van der Waals surface area contributed by atoms with Gasteiger partial charge in [0.2, 0.25) is 0 Å². The molecule has 14 nitrogen and oxygen atoms in total. The number of carboxylic acids is 4. The summed E-state index contributed by atoms with van der Waals surface area (Å²) in [7, 11) is -10.8. The summed E-state index contributed by atoms with van der Waals surface area (Å²) in [5.74, 6) is -7.84. The van der Waals surface area contributed by atoms with Crippen LogP contribution in [-0.2, 0) is 39.4 Å². The standard InChI is InChI=1S/2C28H54O7S.3Ca/c2*1-3-5-7-9-11-13-15-17-19-21-23-28(27(31)32,25(26(29)30)36(33,34)35)24-22-20-18-16-14-12-10-8-6-4-2;;;/h2*25H,3-24H2,1-2H3,(H,29,30)(H,31,32)(H,33,34,35);;;/q;;3*+2/p-6. The van der Waals surface area contributed by atoms with E-state index in [2.05, 4.69) is 27.7 Å². The molecule has 0 fully saturated rings. The van der Waals surface area contributed by atoms with Gasteiger partial charge in [0.15, 0.2) is 0 Å². The number of carbonyl (C=O) groups is 4. The Balaban J connectivity index is -0.000000419. The first-order chi connectivity index (χ1) is 34.3. The monoisotopic (exact) mass is 1180 g/mol. The Morgan fingerprint density at radius 1 is 0.293 bits per heavy atom. The Morgan fingerprint density at radius 3 is 0.533 bits per heavy atom. The van der Waals surface area contributed by atoms with E-state index in [0.29, 0.717) is 51.4 Å². The first kappa shape index (κ1) is 85.3. The van der Waals surface area contributed by atoms with Gasteiger partial charge in [-0.2, -0.15) is 0 Å². The van der Waals surface area contributed by atoms with Crippen LogP contribution in [0.2, 0.25) is 0 Å². The maximum atomic E-state index is 12.2. The molecule has 0 aromatic heterocycles. The smallest absolute Gasteiger partial charge is 0.747 e. The van der Waals surface area contributed by atoms with Crippen molar-refractivity contribution in [2.45, 2.75) is 321 Å². The quantitative estimate of drug-likeness (QED) is 0.0313. The van der Waals surface area contributed by atoms with Gasteiger partial charge in [0.1, 0.15) is 20.2 Å². The normalized spacial score (nSPS) is 12.6. The summed E-state index contributed by atoms with van der Waals surface area (Å²) in [6, 6.07) is 0. The molecular formula is C56H102Ca3O14S2. The third kappa shape index (κ3) is 42.9. The molecule has 75 heavy (non-hydrogen) atoms. The van der Waals surface area contributed by atoms with Crippen molar-refractivity contribution in [1.82, 2.24) is 0 Å². The van der Waals surface area contributed by atoms with Gasteiger partial charge in [0.25, 0.3) is 0 Å². The number of hydrogen-bond acceptors (Lipinski definition) is 14. The number of carboxylic acid groups (broad SMARTS) is 4. The molecular weight excluding hydrogens is 1080 g/mol. The van der Waals surface area contributed by atoms with Gasteiger partial charge in [-0.25, -0.2) is 16.8 Å². The molecule has 0 saturated carbocycles. The maximum Gasteiger partial charge on any atom is 2.00 e. The van der Waals surface area contributed by atoms with E-state index >= 15 is 0 Å². The summed E-state index contributed by atoms with van der Waals surface area (Å²) < 4.78 is 70.9. The first-order valence-corrected chi connectivity index (χ1v) is 31.9. The topological polar surface area (TPSA) is 275 Å². The van der Waals surface area contributed by atoms with Gasteiger partial charge in [-0.15, -0.1) is 0 Å². The van der Waals surface area contributed by atoms with Gasteiger partial charge in [-0.05, 0) is 25.7 Å². The predicted molar refractivity (Wildman–Crippen MR) is 295 cm³/mol. The molecule has 0 bridgehead atoms. The SMILES string of the molecule is CCCCCCCCCCCCC(CCCCCCCCCCCC)(C(=O)[O-])C(C(=O)[O-])S(=O)(=O)[O-].CCCCCCCCCCCCC(CCCCCCCCCCCC)(C(=O)[O-])C(C(=O)[O-])S(=O)(=O)[O-].[Ca+2].[Ca+2].[Ca+2]. The van der Waals surface area contributed by atoms with Gasteiger partial charge in [0, 0.05) is 22.8 Å².